The highest BCUT2D eigenvalue weighted by atomic mass is 35.5. The highest BCUT2D eigenvalue weighted by molar-refractivity contribution is 6.30. The zero-order valence-corrected chi connectivity index (χ0v) is 23.0. The normalized spacial score (nSPS) is 17.4. The number of urea groups is 1. The number of aryl methyl sites for hydroxylation is 1. The third-order valence-corrected chi connectivity index (χ3v) is 7.17. The third kappa shape index (κ3) is 5.83. The van der Waals surface area contributed by atoms with Crippen molar-refractivity contribution in [1.82, 2.24) is 34.8 Å². The van der Waals surface area contributed by atoms with E-state index in [0.29, 0.717) is 59.6 Å². The van der Waals surface area contributed by atoms with Gasteiger partial charge in [-0.3, -0.25) is 19.9 Å². The molecule has 2 N–H and O–H groups in total. The van der Waals surface area contributed by atoms with E-state index >= 15 is 0 Å². The number of ether oxygens (including phenoxy) is 1. The van der Waals surface area contributed by atoms with Crippen LogP contribution in [0.15, 0.2) is 49.1 Å². The first-order valence-corrected chi connectivity index (χ1v) is 13.0. The number of aromatic nitrogens is 5. The van der Waals surface area contributed by atoms with E-state index in [9.17, 15) is 13.6 Å². The topological polar surface area (TPSA) is 102 Å². The molecule has 0 saturated carbocycles. The van der Waals surface area contributed by atoms with Gasteiger partial charge in [0.1, 0.15) is 11.5 Å². The van der Waals surface area contributed by atoms with Crippen LogP contribution in [0.4, 0.5) is 19.4 Å². The lowest BCUT2D eigenvalue weighted by Gasteiger charge is -2.21. The minimum absolute atomic E-state index is 0.258. The van der Waals surface area contributed by atoms with Crippen molar-refractivity contribution in [3.05, 3.63) is 76.8 Å². The van der Waals surface area contributed by atoms with Crippen molar-refractivity contribution < 1.29 is 18.3 Å². The number of nitrogens with zero attached hydrogens (tertiary/aromatic N) is 6. The molecule has 1 aliphatic heterocycles. The molecule has 0 spiro atoms. The van der Waals surface area contributed by atoms with Gasteiger partial charge in [0.25, 0.3) is 0 Å². The molecule has 13 heteroatoms. The molecule has 210 valence electrons. The summed E-state index contributed by atoms with van der Waals surface area (Å²) in [6.45, 7) is 4.06. The Morgan fingerprint density at radius 1 is 1.18 bits per heavy atom. The van der Waals surface area contributed by atoms with Gasteiger partial charge in [-0.2, -0.15) is 10.2 Å². The van der Waals surface area contributed by atoms with Crippen LogP contribution < -0.4 is 10.6 Å². The fourth-order valence-electron chi connectivity index (χ4n) is 4.99. The number of benzene rings is 1. The molecule has 1 fully saturated rings. The molecule has 10 nitrogen and oxygen atoms in total. The molecule has 2 atom stereocenters. The Hall–Kier alpha value is -3.87. The summed E-state index contributed by atoms with van der Waals surface area (Å²) in [7, 11) is 3.43. The lowest BCUT2D eigenvalue weighted by Crippen LogP contribution is -2.42. The number of likely N-dealkylation sites (tertiary alicyclic amines) is 1. The number of pyridine rings is 1. The predicted octanol–water partition coefficient (Wildman–Crippen LogP) is 4.14. The van der Waals surface area contributed by atoms with Crippen molar-refractivity contribution in [2.75, 3.05) is 38.7 Å². The number of nitrogens with one attached hydrogen (secondary N) is 2. The van der Waals surface area contributed by atoms with Gasteiger partial charge in [0.05, 0.1) is 35.8 Å². The SMILES string of the molecule is COCCN1CC(NC(=O)Nc2c(C)c(-c3cnn(C)c3)nn2-c2cncc(Cl)c2)C(c2ccc(F)c(F)c2)C1. The van der Waals surface area contributed by atoms with E-state index < -0.39 is 17.7 Å². The van der Waals surface area contributed by atoms with Crippen LogP contribution in [0.3, 0.4) is 0 Å². The Morgan fingerprint density at radius 2 is 2.00 bits per heavy atom. The first kappa shape index (κ1) is 27.7. The standard InChI is InChI=1S/C27H29ClF2N8O2/c1-16-25(18-10-32-36(2)13-18)35-38(20-9-19(28)11-31-12-20)26(16)34-27(39)33-24-15-37(6-7-40-3)14-21(24)17-4-5-22(29)23(30)8-17/h4-5,8-13,21,24H,6-7,14-15H2,1-3H3,(H2,33,34,39). The molecule has 4 heterocycles. The number of carbonyl (C=O) groups excluding carboxylic acids is 1. The molecular formula is C27H29ClF2N8O2. The van der Waals surface area contributed by atoms with E-state index in [2.05, 4.69) is 25.6 Å². The van der Waals surface area contributed by atoms with Crippen LogP contribution in [0, 0.1) is 18.6 Å². The maximum Gasteiger partial charge on any atom is 0.320 e. The van der Waals surface area contributed by atoms with Gasteiger partial charge < -0.3 is 10.1 Å². The number of anilines is 1. The summed E-state index contributed by atoms with van der Waals surface area (Å²) in [5.41, 5.74) is 3.30. The Kier molecular flexibility index (Phi) is 8.10. The number of carbonyl (C=O) groups is 1. The zero-order chi connectivity index (χ0) is 28.4. The molecular weight excluding hydrogens is 542 g/mol. The molecule has 1 saturated heterocycles. The van der Waals surface area contributed by atoms with Gasteiger partial charge in [-0.25, -0.2) is 18.3 Å². The molecule has 0 aliphatic carbocycles. The van der Waals surface area contributed by atoms with E-state index in [-0.39, 0.29) is 12.0 Å². The average molecular weight is 571 g/mol. The second-order valence-electron chi connectivity index (χ2n) is 9.74. The summed E-state index contributed by atoms with van der Waals surface area (Å²) in [6, 6.07) is 4.72. The second-order valence-corrected chi connectivity index (χ2v) is 10.2. The maximum atomic E-state index is 14.1. The lowest BCUT2D eigenvalue weighted by molar-refractivity contribution is 0.159. The zero-order valence-electron chi connectivity index (χ0n) is 22.2. The molecule has 40 heavy (non-hydrogen) atoms. The minimum Gasteiger partial charge on any atom is -0.383 e. The van der Waals surface area contributed by atoms with E-state index in [0.717, 1.165) is 11.6 Å². The molecule has 0 bridgehead atoms. The molecule has 5 rings (SSSR count). The summed E-state index contributed by atoms with van der Waals surface area (Å²) in [5, 5.41) is 15.4. The molecule has 1 aliphatic rings. The largest absolute Gasteiger partial charge is 0.383 e. The summed E-state index contributed by atoms with van der Waals surface area (Å²) < 4.78 is 36.2. The van der Waals surface area contributed by atoms with E-state index in [1.54, 1.807) is 41.0 Å². The summed E-state index contributed by atoms with van der Waals surface area (Å²) >= 11 is 6.20. The van der Waals surface area contributed by atoms with Gasteiger partial charge in [0, 0.05) is 63.2 Å². The quantitative estimate of drug-likeness (QED) is 0.330. The first-order valence-electron chi connectivity index (χ1n) is 12.7. The molecule has 2 unspecified atom stereocenters. The highest BCUT2D eigenvalue weighted by Crippen LogP contribution is 2.32. The monoisotopic (exact) mass is 570 g/mol. The molecule has 2 amide bonds. The van der Waals surface area contributed by atoms with Crippen LogP contribution in [-0.2, 0) is 11.8 Å². The van der Waals surface area contributed by atoms with E-state index in [1.807, 2.05) is 20.2 Å². The number of methoxy groups -OCH3 is 1. The van der Waals surface area contributed by atoms with Crippen molar-refractivity contribution >= 4 is 23.4 Å². The van der Waals surface area contributed by atoms with Gasteiger partial charge >= 0.3 is 6.03 Å². The third-order valence-electron chi connectivity index (χ3n) is 6.96. The van der Waals surface area contributed by atoms with Gasteiger partial charge in [-0.15, -0.1) is 0 Å². The number of hydrogen-bond acceptors (Lipinski definition) is 6. The molecule has 3 aromatic heterocycles. The van der Waals surface area contributed by atoms with Crippen molar-refractivity contribution in [2.24, 2.45) is 7.05 Å². The Balaban J connectivity index is 1.43. The van der Waals surface area contributed by atoms with Crippen LogP contribution in [0.1, 0.15) is 17.0 Å². The fourth-order valence-corrected chi connectivity index (χ4v) is 5.16. The number of hydrogen-bond donors (Lipinski definition) is 2. The smallest absolute Gasteiger partial charge is 0.320 e. The van der Waals surface area contributed by atoms with Gasteiger partial charge in [0.15, 0.2) is 11.6 Å². The Bertz CT molecular complexity index is 1520. The second kappa shape index (κ2) is 11.7. The van der Waals surface area contributed by atoms with Crippen molar-refractivity contribution in [1.29, 1.82) is 0 Å². The predicted molar refractivity (Wildman–Crippen MR) is 147 cm³/mol. The van der Waals surface area contributed by atoms with Gasteiger partial charge in [-0.05, 0) is 30.7 Å². The minimum atomic E-state index is -0.923. The molecule has 4 aromatic rings. The van der Waals surface area contributed by atoms with Crippen molar-refractivity contribution in [3.63, 3.8) is 0 Å². The van der Waals surface area contributed by atoms with Crippen LogP contribution in [0.25, 0.3) is 16.9 Å². The summed E-state index contributed by atoms with van der Waals surface area (Å²) in [5.74, 6) is -1.66. The molecule has 0 radical (unpaired) electrons. The van der Waals surface area contributed by atoms with Crippen LogP contribution >= 0.6 is 11.6 Å². The average Bonchev–Trinajstić information content (AvgIpc) is 3.62. The fraction of sp³-hybridized carbons (Fsp3) is 0.333. The van der Waals surface area contributed by atoms with Crippen LogP contribution in [0.5, 0.6) is 0 Å². The lowest BCUT2D eigenvalue weighted by atomic mass is 9.94. The summed E-state index contributed by atoms with van der Waals surface area (Å²) in [4.78, 5) is 19.7. The Morgan fingerprint density at radius 3 is 2.70 bits per heavy atom. The maximum absolute atomic E-state index is 14.1. The molecule has 1 aromatic carbocycles. The van der Waals surface area contributed by atoms with Crippen LogP contribution in [-0.4, -0.2) is 74.9 Å². The van der Waals surface area contributed by atoms with E-state index in [4.69, 9.17) is 21.4 Å². The van der Waals surface area contributed by atoms with E-state index in [1.165, 1.54) is 12.3 Å². The number of rotatable bonds is 8. The first-order chi connectivity index (χ1) is 19.2. The highest BCUT2D eigenvalue weighted by Gasteiger charge is 2.35. The number of amides is 2. The number of halogens is 3. The summed E-state index contributed by atoms with van der Waals surface area (Å²) in [6.07, 6.45) is 6.63. The van der Waals surface area contributed by atoms with Gasteiger partial charge in [0.2, 0.25) is 0 Å². The Labute approximate surface area is 234 Å². The van der Waals surface area contributed by atoms with Crippen LogP contribution in [0.2, 0.25) is 5.02 Å². The van der Waals surface area contributed by atoms with Crippen molar-refractivity contribution in [2.45, 2.75) is 18.9 Å². The van der Waals surface area contributed by atoms with Gasteiger partial charge in [-0.1, -0.05) is 17.7 Å². The van der Waals surface area contributed by atoms with Crippen molar-refractivity contribution in [3.8, 4) is 16.9 Å².